The number of ketones is 1. The van der Waals surface area contributed by atoms with Crippen molar-refractivity contribution in [3.63, 3.8) is 0 Å². The summed E-state index contributed by atoms with van der Waals surface area (Å²) in [6.07, 6.45) is 6.27. The summed E-state index contributed by atoms with van der Waals surface area (Å²) in [6, 6.07) is 0. The number of methoxy groups -OCH3 is 3. The molecule has 0 aliphatic heterocycles. The van der Waals surface area contributed by atoms with Gasteiger partial charge < -0.3 is 14.2 Å². The van der Waals surface area contributed by atoms with Crippen LogP contribution in [-0.4, -0.2) is 39.0 Å². The van der Waals surface area contributed by atoms with Gasteiger partial charge in [-0.2, -0.15) is 0 Å². The van der Waals surface area contributed by atoms with Crippen molar-refractivity contribution in [3.05, 3.63) is 12.2 Å². The van der Waals surface area contributed by atoms with E-state index in [0.717, 1.165) is 19.3 Å². The van der Waals surface area contributed by atoms with Crippen molar-refractivity contribution in [2.45, 2.75) is 58.8 Å². The van der Waals surface area contributed by atoms with Crippen LogP contribution < -0.4 is 0 Å². The maximum atomic E-state index is 11.4. The number of hydrogen-bond donors (Lipinski definition) is 0. The number of allylic oxidation sites excluding steroid dienone is 1. The van der Waals surface area contributed by atoms with Crippen LogP contribution in [0.1, 0.15) is 47.0 Å². The molecule has 0 aromatic rings. The first-order valence-corrected chi connectivity index (χ1v) is 8.05. The van der Waals surface area contributed by atoms with Gasteiger partial charge >= 0.3 is 0 Å². The van der Waals surface area contributed by atoms with E-state index in [1.165, 1.54) is 0 Å². The highest BCUT2D eigenvalue weighted by Crippen LogP contribution is 2.56. The molecule has 0 heterocycles. The number of carbonyl (C=O) groups is 1. The molecule has 0 amide bonds. The van der Waals surface area contributed by atoms with Crippen LogP contribution in [0, 0.1) is 17.3 Å². The minimum absolute atomic E-state index is 0.0249. The monoisotopic (exact) mass is 312 g/mol. The van der Waals surface area contributed by atoms with Gasteiger partial charge in [-0.25, -0.2) is 0 Å². The molecule has 0 radical (unpaired) electrons. The van der Waals surface area contributed by atoms with Crippen molar-refractivity contribution in [3.8, 4) is 0 Å². The predicted molar refractivity (Wildman–Crippen MR) is 87.7 cm³/mol. The Balaban J connectivity index is 3.18. The van der Waals surface area contributed by atoms with Crippen molar-refractivity contribution in [1.82, 2.24) is 0 Å². The molecule has 0 unspecified atom stereocenters. The third-order valence-corrected chi connectivity index (χ3v) is 5.40. The predicted octanol–water partition coefficient (Wildman–Crippen LogP) is 3.60. The second kappa shape index (κ2) is 7.71. The molecule has 1 aliphatic rings. The summed E-state index contributed by atoms with van der Waals surface area (Å²) in [5.41, 5.74) is -0.268. The molecule has 1 aliphatic carbocycles. The Morgan fingerprint density at radius 3 is 2.23 bits per heavy atom. The van der Waals surface area contributed by atoms with E-state index in [1.807, 2.05) is 6.08 Å². The third kappa shape index (κ3) is 3.79. The first-order valence-electron chi connectivity index (χ1n) is 8.05. The van der Waals surface area contributed by atoms with Crippen LogP contribution in [-0.2, 0) is 19.0 Å². The Bertz CT molecular complexity index is 400. The second-order valence-corrected chi connectivity index (χ2v) is 7.02. The van der Waals surface area contributed by atoms with Crippen LogP contribution in [0.25, 0.3) is 0 Å². The molecule has 1 saturated carbocycles. The Hall–Kier alpha value is -0.710. The zero-order valence-corrected chi connectivity index (χ0v) is 15.1. The fraction of sp³-hybridized carbons (Fsp3) is 0.833. The molecular weight excluding hydrogens is 280 g/mol. The molecule has 0 N–H and O–H groups in total. The lowest BCUT2D eigenvalue weighted by Crippen LogP contribution is -2.45. The first-order chi connectivity index (χ1) is 10.3. The van der Waals surface area contributed by atoms with E-state index in [4.69, 9.17) is 14.2 Å². The van der Waals surface area contributed by atoms with Gasteiger partial charge in [0.1, 0.15) is 0 Å². The number of hydrogen-bond acceptors (Lipinski definition) is 4. The fourth-order valence-corrected chi connectivity index (χ4v) is 3.99. The van der Waals surface area contributed by atoms with E-state index in [2.05, 4.69) is 20.8 Å². The van der Waals surface area contributed by atoms with Gasteiger partial charge in [0.05, 0.1) is 5.60 Å². The number of carbonyl (C=O) groups excluding carboxylic acids is 1. The lowest BCUT2D eigenvalue weighted by Gasteiger charge is -2.42. The normalized spacial score (nSPS) is 32.5. The average Bonchev–Trinajstić information content (AvgIpc) is 2.76. The van der Waals surface area contributed by atoms with Crippen LogP contribution in [0.5, 0.6) is 0 Å². The lowest BCUT2D eigenvalue weighted by molar-refractivity contribution is -0.136. The van der Waals surface area contributed by atoms with Crippen molar-refractivity contribution in [2.75, 3.05) is 21.3 Å². The van der Waals surface area contributed by atoms with Crippen molar-refractivity contribution in [2.24, 2.45) is 17.3 Å². The van der Waals surface area contributed by atoms with E-state index in [1.54, 1.807) is 34.3 Å². The van der Waals surface area contributed by atoms with Gasteiger partial charge in [0.15, 0.2) is 12.1 Å². The second-order valence-electron chi connectivity index (χ2n) is 7.02. The molecule has 0 aromatic carbocycles. The largest absolute Gasteiger partial charge is 0.377 e. The van der Waals surface area contributed by atoms with Gasteiger partial charge in [0.25, 0.3) is 0 Å². The summed E-state index contributed by atoms with van der Waals surface area (Å²) < 4.78 is 16.8. The standard InChI is InChI=1S/C18H32O4/c1-13(2)18(22-7)11-10-17(4,12-16(20-5)21-6)15(18)9-8-14(3)19/h8-9,13,15-16H,10-12H2,1-7H3/b9-8+/t15-,17-,18-/m1/s1. The quantitative estimate of drug-likeness (QED) is 0.507. The highest BCUT2D eigenvalue weighted by Gasteiger charge is 2.55. The van der Waals surface area contributed by atoms with E-state index >= 15 is 0 Å². The molecule has 1 rings (SSSR count). The van der Waals surface area contributed by atoms with Gasteiger partial charge in [-0.05, 0) is 37.2 Å². The Morgan fingerprint density at radius 1 is 1.23 bits per heavy atom. The van der Waals surface area contributed by atoms with E-state index < -0.39 is 0 Å². The Labute approximate surface area is 135 Å². The minimum atomic E-state index is -0.243. The Kier molecular flexibility index (Phi) is 6.78. The third-order valence-electron chi connectivity index (χ3n) is 5.40. The lowest BCUT2D eigenvalue weighted by atomic mass is 9.69. The summed E-state index contributed by atoms with van der Waals surface area (Å²) in [6.45, 7) is 8.21. The average molecular weight is 312 g/mol. The van der Waals surface area contributed by atoms with Crippen LogP contribution >= 0.6 is 0 Å². The van der Waals surface area contributed by atoms with Crippen LogP contribution in [0.15, 0.2) is 12.2 Å². The van der Waals surface area contributed by atoms with Gasteiger partial charge in [0, 0.05) is 33.7 Å². The van der Waals surface area contributed by atoms with Crippen LogP contribution in [0.2, 0.25) is 0 Å². The van der Waals surface area contributed by atoms with Crippen molar-refractivity contribution >= 4 is 5.78 Å². The van der Waals surface area contributed by atoms with E-state index in [0.29, 0.717) is 5.92 Å². The number of rotatable bonds is 8. The van der Waals surface area contributed by atoms with Gasteiger partial charge in [-0.15, -0.1) is 0 Å². The zero-order chi connectivity index (χ0) is 17.0. The summed E-state index contributed by atoms with van der Waals surface area (Å²) in [4.78, 5) is 11.4. The first kappa shape index (κ1) is 19.3. The zero-order valence-electron chi connectivity index (χ0n) is 15.1. The number of ether oxygens (including phenoxy) is 3. The van der Waals surface area contributed by atoms with Crippen molar-refractivity contribution < 1.29 is 19.0 Å². The molecule has 128 valence electrons. The molecule has 4 heteroatoms. The van der Waals surface area contributed by atoms with E-state index in [9.17, 15) is 4.79 Å². The highest BCUT2D eigenvalue weighted by molar-refractivity contribution is 5.87. The SMILES string of the molecule is COC(C[C@@]1(C)CC[C@@](OC)(C(C)C)[C@@H]1/C=C/C(C)=O)OC. The highest BCUT2D eigenvalue weighted by atomic mass is 16.7. The van der Waals surface area contributed by atoms with E-state index in [-0.39, 0.29) is 29.0 Å². The topological polar surface area (TPSA) is 44.8 Å². The van der Waals surface area contributed by atoms with Crippen LogP contribution in [0.4, 0.5) is 0 Å². The van der Waals surface area contributed by atoms with Gasteiger partial charge in [0.2, 0.25) is 0 Å². The molecule has 22 heavy (non-hydrogen) atoms. The molecule has 0 aromatic heterocycles. The summed E-state index contributed by atoms with van der Waals surface area (Å²) in [5.74, 6) is 0.587. The van der Waals surface area contributed by atoms with Gasteiger partial charge in [-0.1, -0.05) is 26.8 Å². The molecular formula is C18H32O4. The Morgan fingerprint density at radius 2 is 1.82 bits per heavy atom. The van der Waals surface area contributed by atoms with Crippen LogP contribution in [0.3, 0.4) is 0 Å². The maximum Gasteiger partial charge on any atom is 0.157 e. The molecule has 0 bridgehead atoms. The maximum absolute atomic E-state index is 11.4. The van der Waals surface area contributed by atoms with Crippen molar-refractivity contribution in [1.29, 1.82) is 0 Å². The minimum Gasteiger partial charge on any atom is -0.377 e. The van der Waals surface area contributed by atoms with Gasteiger partial charge in [-0.3, -0.25) is 4.79 Å². The fourth-order valence-electron chi connectivity index (χ4n) is 3.99. The summed E-state index contributed by atoms with van der Waals surface area (Å²) >= 11 is 0. The summed E-state index contributed by atoms with van der Waals surface area (Å²) in [5, 5.41) is 0. The molecule has 1 fully saturated rings. The molecule has 3 atom stereocenters. The molecule has 4 nitrogen and oxygen atoms in total. The molecule has 0 saturated heterocycles. The molecule has 0 spiro atoms. The summed E-state index contributed by atoms with van der Waals surface area (Å²) in [7, 11) is 5.11. The smallest absolute Gasteiger partial charge is 0.157 e.